The van der Waals surface area contributed by atoms with E-state index in [1.54, 1.807) is 19.0 Å². The number of aldehydes is 1. The van der Waals surface area contributed by atoms with Gasteiger partial charge in [-0.25, -0.2) is 0 Å². The molecule has 0 aromatic rings. The Kier molecular flexibility index (Phi) is 5.86. The van der Waals surface area contributed by atoms with Crippen molar-refractivity contribution in [1.82, 2.24) is 4.90 Å². The van der Waals surface area contributed by atoms with Crippen LogP contribution in [0.3, 0.4) is 0 Å². The maximum Gasteiger partial charge on any atom is 0.142 e. The summed E-state index contributed by atoms with van der Waals surface area (Å²) in [7, 11) is 3.60. The summed E-state index contributed by atoms with van der Waals surface area (Å²) in [5.74, 6) is 0. The fourth-order valence-electron chi connectivity index (χ4n) is 1.22. The lowest BCUT2D eigenvalue weighted by Gasteiger charge is -2.32. The maximum absolute atomic E-state index is 10.9. The molecule has 0 aliphatic rings. The lowest BCUT2D eigenvalue weighted by molar-refractivity contribution is -0.120. The molecule has 78 valence electrons. The number of unbranched alkanes of at least 4 members (excludes halogenated alkanes) is 1. The molecule has 0 radical (unpaired) electrons. The van der Waals surface area contributed by atoms with E-state index >= 15 is 0 Å². The highest BCUT2D eigenvalue weighted by molar-refractivity contribution is 5.64. The molecule has 0 aromatic heterocycles. The van der Waals surface area contributed by atoms with Crippen LogP contribution in [-0.4, -0.2) is 49.1 Å². The average molecular weight is 188 g/mol. The van der Waals surface area contributed by atoms with Gasteiger partial charge in [-0.3, -0.25) is 4.90 Å². The number of likely N-dealkylation sites (N-methyl/N-ethyl adjacent to an activating group) is 1. The number of carbonyl (C=O) groups is 1. The SMILES string of the molecule is CN(C)C(C=O)(CO)CCCCN. The van der Waals surface area contributed by atoms with Crippen molar-refractivity contribution in [2.45, 2.75) is 24.8 Å². The van der Waals surface area contributed by atoms with E-state index in [2.05, 4.69) is 0 Å². The molecular formula is C9H20N2O2. The van der Waals surface area contributed by atoms with E-state index in [0.29, 0.717) is 13.0 Å². The van der Waals surface area contributed by atoms with Gasteiger partial charge in [0.15, 0.2) is 0 Å². The number of carbonyl (C=O) groups excluding carboxylic acids is 1. The minimum absolute atomic E-state index is 0.131. The van der Waals surface area contributed by atoms with Gasteiger partial charge in [0.1, 0.15) is 6.29 Å². The number of aliphatic hydroxyl groups is 1. The van der Waals surface area contributed by atoms with E-state index in [1.807, 2.05) is 0 Å². The molecule has 1 unspecified atom stereocenters. The van der Waals surface area contributed by atoms with E-state index in [-0.39, 0.29) is 6.61 Å². The van der Waals surface area contributed by atoms with Gasteiger partial charge >= 0.3 is 0 Å². The molecule has 0 aliphatic heterocycles. The highest BCUT2D eigenvalue weighted by Crippen LogP contribution is 2.16. The molecule has 0 saturated heterocycles. The van der Waals surface area contributed by atoms with Crippen LogP contribution >= 0.6 is 0 Å². The fourth-order valence-corrected chi connectivity index (χ4v) is 1.22. The summed E-state index contributed by atoms with van der Waals surface area (Å²) in [6.07, 6.45) is 3.25. The van der Waals surface area contributed by atoms with E-state index in [0.717, 1.165) is 19.1 Å². The van der Waals surface area contributed by atoms with Gasteiger partial charge < -0.3 is 15.6 Å². The fraction of sp³-hybridized carbons (Fsp3) is 0.889. The second-order valence-corrected chi connectivity index (χ2v) is 3.52. The second-order valence-electron chi connectivity index (χ2n) is 3.52. The molecule has 0 bridgehead atoms. The van der Waals surface area contributed by atoms with Crippen molar-refractivity contribution in [3.8, 4) is 0 Å². The Morgan fingerprint density at radius 2 is 2.08 bits per heavy atom. The molecule has 0 aliphatic carbocycles. The van der Waals surface area contributed by atoms with Crippen LogP contribution in [0.1, 0.15) is 19.3 Å². The van der Waals surface area contributed by atoms with Crippen LogP contribution in [-0.2, 0) is 4.79 Å². The summed E-state index contributed by atoms with van der Waals surface area (Å²) in [6.45, 7) is 0.502. The van der Waals surface area contributed by atoms with Gasteiger partial charge in [-0.1, -0.05) is 0 Å². The average Bonchev–Trinajstić information content (AvgIpc) is 2.13. The summed E-state index contributed by atoms with van der Waals surface area (Å²) < 4.78 is 0. The van der Waals surface area contributed by atoms with E-state index in [4.69, 9.17) is 10.8 Å². The Balaban J connectivity index is 4.14. The highest BCUT2D eigenvalue weighted by atomic mass is 16.3. The van der Waals surface area contributed by atoms with E-state index in [1.165, 1.54) is 0 Å². The third-order valence-electron chi connectivity index (χ3n) is 2.45. The Morgan fingerprint density at radius 1 is 1.46 bits per heavy atom. The molecule has 0 saturated carbocycles. The zero-order chi connectivity index (χ0) is 10.3. The van der Waals surface area contributed by atoms with Crippen molar-refractivity contribution in [2.24, 2.45) is 5.73 Å². The van der Waals surface area contributed by atoms with Gasteiger partial charge in [-0.15, -0.1) is 0 Å². The lowest BCUT2D eigenvalue weighted by Crippen LogP contribution is -2.49. The van der Waals surface area contributed by atoms with Crippen molar-refractivity contribution >= 4 is 6.29 Å². The van der Waals surface area contributed by atoms with Gasteiger partial charge in [-0.05, 0) is 39.9 Å². The first-order chi connectivity index (χ1) is 6.13. The molecule has 4 heteroatoms. The van der Waals surface area contributed by atoms with Gasteiger partial charge in [0.2, 0.25) is 0 Å². The Hall–Kier alpha value is -0.450. The monoisotopic (exact) mass is 188 g/mol. The summed E-state index contributed by atoms with van der Waals surface area (Å²) >= 11 is 0. The van der Waals surface area contributed by atoms with Crippen molar-refractivity contribution in [3.63, 3.8) is 0 Å². The number of hydrogen-bond acceptors (Lipinski definition) is 4. The molecule has 13 heavy (non-hydrogen) atoms. The van der Waals surface area contributed by atoms with E-state index in [9.17, 15) is 4.79 Å². The summed E-state index contributed by atoms with van der Waals surface area (Å²) in [4.78, 5) is 12.6. The number of aliphatic hydroxyl groups excluding tert-OH is 1. The van der Waals surface area contributed by atoms with E-state index < -0.39 is 5.54 Å². The molecule has 0 rings (SSSR count). The summed E-state index contributed by atoms with van der Waals surface area (Å²) in [5, 5.41) is 9.14. The van der Waals surface area contributed by atoms with Crippen molar-refractivity contribution in [2.75, 3.05) is 27.2 Å². The third-order valence-corrected chi connectivity index (χ3v) is 2.45. The molecule has 3 N–H and O–H groups in total. The predicted molar refractivity (Wildman–Crippen MR) is 52.5 cm³/mol. The smallest absolute Gasteiger partial charge is 0.142 e. The highest BCUT2D eigenvalue weighted by Gasteiger charge is 2.30. The number of nitrogens with two attached hydrogens (primary N) is 1. The minimum atomic E-state index is -0.713. The molecule has 0 aromatic carbocycles. The minimum Gasteiger partial charge on any atom is -0.394 e. The first-order valence-electron chi connectivity index (χ1n) is 4.57. The lowest BCUT2D eigenvalue weighted by atomic mass is 9.94. The molecular weight excluding hydrogens is 168 g/mol. The zero-order valence-electron chi connectivity index (χ0n) is 8.49. The summed E-state index contributed by atoms with van der Waals surface area (Å²) in [5.41, 5.74) is 4.64. The predicted octanol–water partition coefficient (Wildman–Crippen LogP) is -0.393. The zero-order valence-corrected chi connectivity index (χ0v) is 8.49. The first-order valence-corrected chi connectivity index (χ1v) is 4.57. The van der Waals surface area contributed by atoms with Gasteiger partial charge in [0.05, 0.1) is 12.1 Å². The third kappa shape index (κ3) is 3.42. The topological polar surface area (TPSA) is 66.6 Å². The largest absolute Gasteiger partial charge is 0.394 e. The van der Waals surface area contributed by atoms with Crippen LogP contribution < -0.4 is 5.73 Å². The molecule has 4 nitrogen and oxygen atoms in total. The standard InChI is InChI=1S/C9H20N2O2/c1-11(2)9(7-12,8-13)5-3-4-6-10/h7,13H,3-6,8,10H2,1-2H3. The molecule has 1 atom stereocenters. The van der Waals surface area contributed by atoms with Crippen molar-refractivity contribution in [3.05, 3.63) is 0 Å². The van der Waals surface area contributed by atoms with Gasteiger partial charge in [0, 0.05) is 0 Å². The van der Waals surface area contributed by atoms with Crippen LogP contribution in [0.2, 0.25) is 0 Å². The molecule has 0 fully saturated rings. The second kappa shape index (κ2) is 6.07. The molecule has 0 spiro atoms. The number of hydrogen-bond donors (Lipinski definition) is 2. The first kappa shape index (κ1) is 12.6. The Labute approximate surface area is 79.7 Å². The quantitative estimate of drug-likeness (QED) is 0.422. The van der Waals surface area contributed by atoms with Crippen LogP contribution in [0.15, 0.2) is 0 Å². The Morgan fingerprint density at radius 3 is 2.38 bits per heavy atom. The van der Waals surface area contributed by atoms with Crippen LogP contribution in [0.4, 0.5) is 0 Å². The van der Waals surface area contributed by atoms with Crippen LogP contribution in [0, 0.1) is 0 Å². The van der Waals surface area contributed by atoms with Crippen molar-refractivity contribution < 1.29 is 9.90 Å². The summed E-state index contributed by atoms with van der Waals surface area (Å²) in [6, 6.07) is 0. The molecule has 0 heterocycles. The Bertz CT molecular complexity index is 151. The van der Waals surface area contributed by atoms with Gasteiger partial charge in [0.25, 0.3) is 0 Å². The van der Waals surface area contributed by atoms with Crippen LogP contribution in [0.25, 0.3) is 0 Å². The normalized spacial score (nSPS) is 15.8. The van der Waals surface area contributed by atoms with Crippen molar-refractivity contribution in [1.29, 1.82) is 0 Å². The van der Waals surface area contributed by atoms with Gasteiger partial charge in [-0.2, -0.15) is 0 Å². The molecule has 0 amide bonds. The van der Waals surface area contributed by atoms with Crippen LogP contribution in [0.5, 0.6) is 0 Å². The maximum atomic E-state index is 10.9. The number of nitrogens with zero attached hydrogens (tertiary/aromatic N) is 1. The number of rotatable bonds is 7.